The van der Waals surface area contributed by atoms with Gasteiger partial charge in [-0.05, 0) is 37.4 Å². The highest BCUT2D eigenvalue weighted by molar-refractivity contribution is 6.13. The van der Waals surface area contributed by atoms with Gasteiger partial charge in [0.2, 0.25) is 11.0 Å². The van der Waals surface area contributed by atoms with Crippen molar-refractivity contribution in [2.45, 2.75) is 20.4 Å². The summed E-state index contributed by atoms with van der Waals surface area (Å²) in [5.41, 5.74) is 7.29. The summed E-state index contributed by atoms with van der Waals surface area (Å²) >= 11 is 0. The summed E-state index contributed by atoms with van der Waals surface area (Å²) in [5.74, 6) is 0.320. The molecule has 6 heteroatoms. The molecule has 3 N–H and O–H groups in total. The van der Waals surface area contributed by atoms with Gasteiger partial charge in [-0.25, -0.2) is 0 Å². The molecule has 5 nitrogen and oxygen atoms in total. The van der Waals surface area contributed by atoms with Crippen LogP contribution < -0.4 is 22.3 Å². The SMILES string of the molecule is CCN(CC)Cc1ccc(Nc2c3ccccc3[n+](C)c3c2[nH]c2ccccc23)cc1O.[Cl-]. The predicted molar refractivity (Wildman–Crippen MR) is 133 cm³/mol. The lowest BCUT2D eigenvalue weighted by Crippen LogP contribution is -3.00. The highest BCUT2D eigenvalue weighted by Gasteiger charge is 2.22. The van der Waals surface area contributed by atoms with Crippen LogP contribution in [0.5, 0.6) is 5.75 Å². The fourth-order valence-corrected chi connectivity index (χ4v) is 4.63. The van der Waals surface area contributed by atoms with Crippen molar-refractivity contribution in [3.63, 3.8) is 0 Å². The van der Waals surface area contributed by atoms with Crippen molar-refractivity contribution in [3.05, 3.63) is 72.3 Å². The largest absolute Gasteiger partial charge is 1.00 e. The summed E-state index contributed by atoms with van der Waals surface area (Å²) in [7, 11) is 2.11. The number of aromatic amines is 1. The summed E-state index contributed by atoms with van der Waals surface area (Å²) in [6.07, 6.45) is 0. The van der Waals surface area contributed by atoms with Crippen LogP contribution >= 0.6 is 0 Å². The Kier molecular flexibility index (Phi) is 6.45. The van der Waals surface area contributed by atoms with E-state index in [-0.39, 0.29) is 12.4 Å². The van der Waals surface area contributed by atoms with E-state index in [2.05, 4.69) is 95.3 Å². The number of H-pyrrole nitrogens is 1. The van der Waals surface area contributed by atoms with E-state index in [0.717, 1.165) is 64.0 Å². The van der Waals surface area contributed by atoms with E-state index in [4.69, 9.17) is 0 Å². The molecule has 0 unspecified atom stereocenters. The van der Waals surface area contributed by atoms with Crippen molar-refractivity contribution in [1.82, 2.24) is 9.88 Å². The number of halogens is 1. The smallest absolute Gasteiger partial charge is 0.240 e. The van der Waals surface area contributed by atoms with Crippen molar-refractivity contribution in [2.24, 2.45) is 7.05 Å². The molecule has 0 atom stereocenters. The van der Waals surface area contributed by atoms with Gasteiger partial charge in [0.05, 0.1) is 22.0 Å². The number of phenols is 1. The molecular weight excluding hydrogens is 432 g/mol. The van der Waals surface area contributed by atoms with Crippen LogP contribution in [0.15, 0.2) is 66.7 Å². The second-order valence-corrected chi connectivity index (χ2v) is 8.28. The summed E-state index contributed by atoms with van der Waals surface area (Å²) in [4.78, 5) is 5.91. The molecule has 33 heavy (non-hydrogen) atoms. The Balaban J connectivity index is 0.00000259. The topological polar surface area (TPSA) is 55.2 Å². The number of hydrogen-bond donors (Lipinski definition) is 3. The van der Waals surface area contributed by atoms with Gasteiger partial charge in [-0.15, -0.1) is 0 Å². The molecule has 0 amide bonds. The molecule has 170 valence electrons. The number of anilines is 2. The van der Waals surface area contributed by atoms with E-state index in [9.17, 15) is 5.11 Å². The number of rotatable bonds is 6. The third-order valence-corrected chi connectivity index (χ3v) is 6.44. The monoisotopic (exact) mass is 460 g/mol. The van der Waals surface area contributed by atoms with Crippen LogP contribution in [0.2, 0.25) is 0 Å². The number of benzene rings is 3. The highest BCUT2D eigenvalue weighted by Crippen LogP contribution is 2.36. The van der Waals surface area contributed by atoms with Gasteiger partial charge in [0.15, 0.2) is 0 Å². The number of phenolic OH excluding ortho intramolecular Hbond substituents is 1. The average molecular weight is 461 g/mol. The fourth-order valence-electron chi connectivity index (χ4n) is 4.63. The van der Waals surface area contributed by atoms with E-state index < -0.39 is 0 Å². The zero-order valence-corrected chi connectivity index (χ0v) is 19.9. The van der Waals surface area contributed by atoms with Crippen LogP contribution in [0.1, 0.15) is 19.4 Å². The van der Waals surface area contributed by atoms with Crippen LogP contribution in [0.3, 0.4) is 0 Å². The number of aromatic nitrogens is 2. The second-order valence-electron chi connectivity index (χ2n) is 8.28. The van der Waals surface area contributed by atoms with Gasteiger partial charge in [-0.1, -0.05) is 44.2 Å². The molecule has 0 saturated carbocycles. The molecule has 2 heterocycles. The number of aryl methyl sites for hydroxylation is 1. The number of nitrogens with zero attached hydrogens (tertiary/aromatic N) is 2. The molecule has 2 aromatic heterocycles. The van der Waals surface area contributed by atoms with E-state index >= 15 is 0 Å². The minimum Gasteiger partial charge on any atom is -1.00 e. The molecule has 3 aromatic carbocycles. The third-order valence-electron chi connectivity index (χ3n) is 6.44. The number of para-hydroxylation sites is 2. The molecule has 0 aliphatic heterocycles. The van der Waals surface area contributed by atoms with Gasteiger partial charge in [0, 0.05) is 29.9 Å². The number of hydrogen-bond acceptors (Lipinski definition) is 3. The van der Waals surface area contributed by atoms with Gasteiger partial charge < -0.3 is 27.8 Å². The lowest BCUT2D eigenvalue weighted by molar-refractivity contribution is -0.616. The Labute approximate surface area is 200 Å². The molecule has 0 radical (unpaired) electrons. The van der Waals surface area contributed by atoms with Crippen molar-refractivity contribution >= 4 is 44.2 Å². The zero-order valence-electron chi connectivity index (χ0n) is 19.2. The van der Waals surface area contributed by atoms with Crippen LogP contribution in [-0.2, 0) is 13.6 Å². The lowest BCUT2D eigenvalue weighted by atomic mass is 10.1. The van der Waals surface area contributed by atoms with E-state index in [1.165, 1.54) is 5.39 Å². The number of pyridine rings is 1. The van der Waals surface area contributed by atoms with Crippen LogP contribution in [0.25, 0.3) is 32.8 Å². The number of fused-ring (bicyclic) bond motifs is 4. The van der Waals surface area contributed by atoms with E-state index in [1.54, 1.807) is 0 Å². The molecule has 0 saturated heterocycles. The molecule has 5 aromatic rings. The Hall–Kier alpha value is -3.28. The van der Waals surface area contributed by atoms with Crippen molar-refractivity contribution in [3.8, 4) is 5.75 Å². The Bertz CT molecular complexity index is 1440. The van der Waals surface area contributed by atoms with Crippen molar-refractivity contribution < 1.29 is 22.1 Å². The minimum atomic E-state index is 0. The van der Waals surface area contributed by atoms with Gasteiger partial charge in [0.25, 0.3) is 0 Å². The van der Waals surface area contributed by atoms with Crippen LogP contribution in [-0.4, -0.2) is 28.1 Å². The Morgan fingerprint density at radius 1 is 0.939 bits per heavy atom. The van der Waals surface area contributed by atoms with Gasteiger partial charge in [-0.3, -0.25) is 4.90 Å². The number of nitrogens with one attached hydrogen (secondary N) is 2. The third kappa shape index (κ3) is 3.99. The summed E-state index contributed by atoms with van der Waals surface area (Å²) < 4.78 is 2.25. The first-order valence-electron chi connectivity index (χ1n) is 11.2. The molecule has 5 rings (SSSR count). The van der Waals surface area contributed by atoms with Gasteiger partial charge >= 0.3 is 0 Å². The first-order chi connectivity index (χ1) is 15.6. The highest BCUT2D eigenvalue weighted by atomic mass is 35.5. The van der Waals surface area contributed by atoms with Crippen molar-refractivity contribution in [2.75, 3.05) is 18.4 Å². The van der Waals surface area contributed by atoms with Gasteiger partial charge in [-0.2, -0.15) is 4.57 Å². The standard InChI is InChI=1S/C27H28N4O.ClH/c1-4-31(5-2)17-18-14-15-19(16-24(18)32)28-25-21-11-7-9-13-23(21)30(3)27-20-10-6-8-12-22(20)29-26(25)27;/h6-16H,4-5,17H2,1-3H3,(H2,28,29,32);1H. The van der Waals surface area contributed by atoms with Crippen LogP contribution in [0.4, 0.5) is 11.4 Å². The van der Waals surface area contributed by atoms with Crippen LogP contribution in [0, 0.1) is 0 Å². The maximum Gasteiger partial charge on any atom is 0.240 e. The van der Waals surface area contributed by atoms with Gasteiger partial charge in [0.1, 0.15) is 18.3 Å². The summed E-state index contributed by atoms with van der Waals surface area (Å²) in [6.45, 7) is 6.95. The lowest BCUT2D eigenvalue weighted by Gasteiger charge is -2.19. The van der Waals surface area contributed by atoms with Crippen molar-refractivity contribution in [1.29, 1.82) is 0 Å². The quantitative estimate of drug-likeness (QED) is 0.341. The summed E-state index contributed by atoms with van der Waals surface area (Å²) in [6, 6.07) is 22.7. The molecule has 0 spiro atoms. The minimum absolute atomic E-state index is 0. The fraction of sp³-hybridized carbons (Fsp3) is 0.222. The van der Waals surface area contributed by atoms with E-state index in [0.29, 0.717) is 5.75 Å². The maximum absolute atomic E-state index is 10.7. The Morgan fingerprint density at radius 3 is 2.36 bits per heavy atom. The molecular formula is C27H29ClN4O. The first-order valence-corrected chi connectivity index (χ1v) is 11.2. The number of aromatic hydroxyl groups is 1. The first kappa shape index (κ1) is 22.9. The zero-order chi connectivity index (χ0) is 22.2. The molecule has 0 aliphatic carbocycles. The Morgan fingerprint density at radius 2 is 1.64 bits per heavy atom. The molecule has 0 bridgehead atoms. The normalized spacial score (nSPS) is 11.4. The predicted octanol–water partition coefficient (Wildman–Crippen LogP) is 2.59. The molecule has 0 fully saturated rings. The second kappa shape index (κ2) is 9.30. The van der Waals surface area contributed by atoms with E-state index in [1.807, 2.05) is 12.1 Å². The average Bonchev–Trinajstić information content (AvgIpc) is 3.21. The molecule has 0 aliphatic rings. The summed E-state index contributed by atoms with van der Waals surface area (Å²) in [5, 5.41) is 16.6. The maximum atomic E-state index is 10.7.